The van der Waals surface area contributed by atoms with Gasteiger partial charge in [0.1, 0.15) is 11.5 Å². The molecule has 2 N–H and O–H groups in total. The van der Waals surface area contributed by atoms with E-state index >= 15 is 0 Å². The Morgan fingerprint density at radius 3 is 2.00 bits per heavy atom. The lowest BCUT2D eigenvalue weighted by atomic mass is 9.84. The summed E-state index contributed by atoms with van der Waals surface area (Å²) in [5.74, 6) is -2.12. The Morgan fingerprint density at radius 1 is 1.00 bits per heavy atom. The van der Waals surface area contributed by atoms with Crippen molar-refractivity contribution in [3.8, 4) is 0 Å². The maximum atomic E-state index is 10.6. The number of carboxylic acid groups (broad SMARTS) is 2. The lowest BCUT2D eigenvalue weighted by Crippen LogP contribution is -2.44. The van der Waals surface area contributed by atoms with Gasteiger partial charge in [-0.05, 0) is 50.2 Å². The Hall–Kier alpha value is -3.04. The minimum absolute atomic E-state index is 0.314. The summed E-state index contributed by atoms with van der Waals surface area (Å²) >= 11 is 0. The lowest BCUT2D eigenvalue weighted by Gasteiger charge is -2.36. The molecule has 3 atom stereocenters. The smallest absolute Gasteiger partial charge is 0.475 e. The fourth-order valence-corrected chi connectivity index (χ4v) is 4.09. The molecule has 15 heteroatoms. The van der Waals surface area contributed by atoms with Crippen molar-refractivity contribution in [3.63, 3.8) is 0 Å². The van der Waals surface area contributed by atoms with Crippen LogP contribution in [0.3, 0.4) is 0 Å². The van der Waals surface area contributed by atoms with Crippen LogP contribution in [-0.4, -0.2) is 83.7 Å². The third-order valence-electron chi connectivity index (χ3n) is 5.83. The van der Waals surface area contributed by atoms with Crippen molar-refractivity contribution in [2.24, 2.45) is 11.8 Å². The molecule has 38 heavy (non-hydrogen) atoms. The predicted molar refractivity (Wildman–Crippen MR) is 118 cm³/mol. The van der Waals surface area contributed by atoms with Gasteiger partial charge in [0.25, 0.3) is 0 Å². The van der Waals surface area contributed by atoms with Crippen LogP contribution in [0.1, 0.15) is 17.9 Å². The lowest BCUT2D eigenvalue weighted by molar-refractivity contribution is -0.193. The van der Waals surface area contributed by atoms with Gasteiger partial charge in [-0.2, -0.15) is 26.3 Å². The fraction of sp³-hybridized carbons (Fsp3) is 0.565. The molecule has 214 valence electrons. The van der Waals surface area contributed by atoms with E-state index < -0.39 is 24.3 Å². The average molecular weight is 558 g/mol. The number of carbonyl (C=O) groups is 2. The van der Waals surface area contributed by atoms with Crippen molar-refractivity contribution in [1.29, 1.82) is 0 Å². The van der Waals surface area contributed by atoms with E-state index in [0.29, 0.717) is 17.9 Å². The first kappa shape index (κ1) is 31.2. The molecule has 2 aromatic rings. The highest BCUT2D eigenvalue weighted by atomic mass is 19.4. The molecule has 2 saturated heterocycles. The predicted octanol–water partition coefficient (Wildman–Crippen LogP) is 4.11. The molecule has 0 bridgehead atoms. The number of hydrogen-bond acceptors (Lipinski definition) is 7. The van der Waals surface area contributed by atoms with Crippen LogP contribution in [0.5, 0.6) is 0 Å². The zero-order valence-electron chi connectivity index (χ0n) is 20.2. The fourth-order valence-electron chi connectivity index (χ4n) is 4.09. The first-order valence-electron chi connectivity index (χ1n) is 11.3. The van der Waals surface area contributed by atoms with Crippen LogP contribution >= 0.6 is 0 Å². The Balaban J connectivity index is 0.000000301. The maximum absolute atomic E-state index is 10.6. The molecule has 2 aromatic heterocycles. The van der Waals surface area contributed by atoms with Gasteiger partial charge in [0.05, 0.1) is 38.3 Å². The summed E-state index contributed by atoms with van der Waals surface area (Å²) in [4.78, 5) is 22.6. The topological polar surface area (TPSA) is 117 Å². The summed E-state index contributed by atoms with van der Waals surface area (Å²) in [6, 6.07) is 8.00. The number of halogens is 6. The van der Waals surface area contributed by atoms with Gasteiger partial charge in [-0.25, -0.2) is 9.59 Å². The quantitative estimate of drug-likeness (QED) is 0.506. The molecule has 4 heterocycles. The Kier molecular flexibility index (Phi) is 11.2. The SMILES string of the molecule is CN(Cc1ccco1)C[C@H]1OC[C@@H]2CCN(Cc3ccco3)C[C@@H]21.O=C(O)C(F)(F)F.O=C(O)C(F)(F)F. The Bertz CT molecular complexity index is 956. The molecule has 0 amide bonds. The number of ether oxygens (including phenoxy) is 1. The normalized spacial score (nSPS) is 21.6. The van der Waals surface area contributed by atoms with Crippen molar-refractivity contribution in [3.05, 3.63) is 48.3 Å². The first-order chi connectivity index (χ1) is 17.7. The number of likely N-dealkylation sites (N-methyl/N-ethyl adjacent to an activating group) is 1. The van der Waals surface area contributed by atoms with E-state index in [0.717, 1.165) is 50.9 Å². The summed E-state index contributed by atoms with van der Waals surface area (Å²) in [5, 5.41) is 14.2. The molecule has 9 nitrogen and oxygen atoms in total. The first-order valence-corrected chi connectivity index (χ1v) is 11.3. The summed E-state index contributed by atoms with van der Waals surface area (Å²) in [7, 11) is 2.14. The van der Waals surface area contributed by atoms with E-state index in [4.69, 9.17) is 33.4 Å². The van der Waals surface area contributed by atoms with Crippen molar-refractivity contribution in [2.75, 3.05) is 33.3 Å². The van der Waals surface area contributed by atoms with Crippen LogP contribution in [-0.2, 0) is 27.4 Å². The van der Waals surface area contributed by atoms with Gasteiger partial charge in [0, 0.05) is 19.0 Å². The van der Waals surface area contributed by atoms with Crippen LogP contribution < -0.4 is 0 Å². The molecule has 0 aliphatic carbocycles. The standard InChI is InChI=1S/C19H26N2O3.2C2HF3O2/c1-20(10-16-4-2-8-22-16)13-19-18-12-21(7-6-15(18)14-24-19)11-17-5-3-9-23-17;2*3-2(4,5)1(6)7/h2-5,8-9,15,18-19H,6-7,10-14H2,1H3;2*(H,6,7)/t15-,18-,19+;;/m0../s1. The number of aliphatic carboxylic acids is 2. The summed E-state index contributed by atoms with van der Waals surface area (Å²) in [6.45, 7) is 5.85. The van der Waals surface area contributed by atoms with Crippen LogP contribution in [0.15, 0.2) is 45.6 Å². The zero-order chi connectivity index (χ0) is 28.5. The minimum Gasteiger partial charge on any atom is -0.475 e. The zero-order valence-corrected chi connectivity index (χ0v) is 20.2. The van der Waals surface area contributed by atoms with Crippen molar-refractivity contribution >= 4 is 11.9 Å². The van der Waals surface area contributed by atoms with Gasteiger partial charge in [0.15, 0.2) is 0 Å². The Morgan fingerprint density at radius 2 is 1.53 bits per heavy atom. The van der Waals surface area contributed by atoms with Gasteiger partial charge >= 0.3 is 24.3 Å². The van der Waals surface area contributed by atoms with E-state index in [1.807, 2.05) is 18.2 Å². The molecule has 2 fully saturated rings. The summed E-state index contributed by atoms with van der Waals surface area (Å²) in [6.07, 6.45) is -5.13. The second-order valence-corrected chi connectivity index (χ2v) is 8.78. The second-order valence-electron chi connectivity index (χ2n) is 8.78. The largest absolute Gasteiger partial charge is 0.490 e. The number of carboxylic acids is 2. The highest BCUT2D eigenvalue weighted by molar-refractivity contribution is 5.73. The van der Waals surface area contributed by atoms with Gasteiger partial charge in [-0.3, -0.25) is 9.80 Å². The molecule has 2 aliphatic rings. The summed E-state index contributed by atoms with van der Waals surface area (Å²) in [5.41, 5.74) is 0. The second kappa shape index (κ2) is 13.7. The minimum atomic E-state index is -5.08. The number of fused-ring (bicyclic) bond motifs is 1. The molecule has 2 aliphatic heterocycles. The van der Waals surface area contributed by atoms with Crippen LogP contribution in [0.4, 0.5) is 26.3 Å². The molecule has 4 rings (SSSR count). The van der Waals surface area contributed by atoms with Gasteiger partial charge < -0.3 is 23.8 Å². The van der Waals surface area contributed by atoms with Crippen molar-refractivity contribution in [2.45, 2.75) is 38.0 Å². The van der Waals surface area contributed by atoms with Gasteiger partial charge in [-0.1, -0.05) is 0 Å². The number of hydrogen-bond donors (Lipinski definition) is 2. The van der Waals surface area contributed by atoms with E-state index in [1.54, 1.807) is 12.5 Å². The van der Waals surface area contributed by atoms with Crippen LogP contribution in [0.2, 0.25) is 0 Å². The van der Waals surface area contributed by atoms with E-state index in [1.165, 1.54) is 6.42 Å². The van der Waals surface area contributed by atoms with Gasteiger partial charge in [-0.15, -0.1) is 0 Å². The molecular formula is C23H28F6N2O7. The third kappa shape index (κ3) is 10.4. The third-order valence-corrected chi connectivity index (χ3v) is 5.83. The van der Waals surface area contributed by atoms with Crippen molar-refractivity contribution in [1.82, 2.24) is 9.80 Å². The van der Waals surface area contributed by atoms with E-state index in [2.05, 4.69) is 22.9 Å². The van der Waals surface area contributed by atoms with E-state index in [-0.39, 0.29) is 0 Å². The monoisotopic (exact) mass is 558 g/mol. The average Bonchev–Trinajstić information content (AvgIpc) is 3.57. The molecular weight excluding hydrogens is 530 g/mol. The number of likely N-dealkylation sites (tertiary alicyclic amines) is 1. The van der Waals surface area contributed by atoms with E-state index in [9.17, 15) is 26.3 Å². The highest BCUT2D eigenvalue weighted by Crippen LogP contribution is 2.35. The molecule has 0 aromatic carbocycles. The number of alkyl halides is 6. The number of furan rings is 2. The number of piperidine rings is 1. The number of rotatable bonds is 6. The van der Waals surface area contributed by atoms with Crippen LogP contribution in [0.25, 0.3) is 0 Å². The Labute approximate surface area is 213 Å². The summed E-state index contributed by atoms with van der Waals surface area (Å²) < 4.78 is 80.6. The van der Waals surface area contributed by atoms with Crippen molar-refractivity contribution < 1.29 is 59.7 Å². The molecule has 0 unspecified atom stereocenters. The van der Waals surface area contributed by atoms with Crippen LogP contribution in [0, 0.1) is 11.8 Å². The molecule has 0 spiro atoms. The molecule has 0 radical (unpaired) electrons. The van der Waals surface area contributed by atoms with Gasteiger partial charge in [0.2, 0.25) is 0 Å². The highest BCUT2D eigenvalue weighted by Gasteiger charge is 2.41. The molecule has 0 saturated carbocycles. The number of nitrogens with zero attached hydrogens (tertiary/aromatic N) is 2. The maximum Gasteiger partial charge on any atom is 0.490 e.